The van der Waals surface area contributed by atoms with Crippen molar-refractivity contribution in [1.82, 2.24) is 19.4 Å². The van der Waals surface area contributed by atoms with Gasteiger partial charge in [-0.1, -0.05) is 0 Å². The number of ether oxygens (including phenoxy) is 1. The second kappa shape index (κ2) is 12.3. The van der Waals surface area contributed by atoms with E-state index in [-0.39, 0.29) is 18.3 Å². The molecule has 0 radical (unpaired) electrons. The topological polar surface area (TPSA) is 80.5 Å². The first-order valence-electron chi connectivity index (χ1n) is 12.9. The van der Waals surface area contributed by atoms with Crippen LogP contribution in [0, 0.1) is 11.8 Å². The van der Waals surface area contributed by atoms with E-state index in [9.17, 15) is 9.90 Å². The number of carboxylic acids is 1. The van der Waals surface area contributed by atoms with Crippen molar-refractivity contribution in [3.63, 3.8) is 0 Å². The highest BCUT2D eigenvalue weighted by Gasteiger charge is 2.31. The molecule has 0 bridgehead atoms. The number of carboxylic acid groups (broad SMARTS) is 1. The SMILES string of the molecule is COc1ccc2nccc([C@H](F)CC[C@@H]3CCN(CCCCc4cncn4C)C[C@@H]3CC(=O)O)c2c1. The first-order valence-corrected chi connectivity index (χ1v) is 12.9. The monoisotopic (exact) mass is 496 g/mol. The Hall–Kier alpha value is -3.00. The van der Waals surface area contributed by atoms with Gasteiger partial charge in [0.05, 0.1) is 19.0 Å². The number of pyridine rings is 1. The van der Waals surface area contributed by atoms with Crippen molar-refractivity contribution in [3.05, 3.63) is 54.2 Å². The molecule has 1 saturated heterocycles. The van der Waals surface area contributed by atoms with Gasteiger partial charge in [0.1, 0.15) is 11.9 Å². The van der Waals surface area contributed by atoms with Crippen molar-refractivity contribution in [3.8, 4) is 5.75 Å². The molecule has 1 aliphatic heterocycles. The van der Waals surface area contributed by atoms with E-state index >= 15 is 4.39 Å². The zero-order valence-corrected chi connectivity index (χ0v) is 21.3. The number of hydrogen-bond donors (Lipinski definition) is 1. The molecule has 0 spiro atoms. The molecule has 36 heavy (non-hydrogen) atoms. The molecule has 1 aliphatic rings. The van der Waals surface area contributed by atoms with E-state index < -0.39 is 12.1 Å². The van der Waals surface area contributed by atoms with Gasteiger partial charge in [0.2, 0.25) is 0 Å². The summed E-state index contributed by atoms with van der Waals surface area (Å²) in [6.07, 6.45) is 9.53. The number of aryl methyl sites for hydroxylation is 2. The molecule has 1 aromatic carbocycles. The van der Waals surface area contributed by atoms with Crippen LogP contribution in [-0.4, -0.2) is 57.3 Å². The van der Waals surface area contributed by atoms with Gasteiger partial charge in [0, 0.05) is 43.5 Å². The fraction of sp³-hybridized carbons (Fsp3) is 0.536. The number of methoxy groups -OCH3 is 1. The number of alkyl halides is 1. The predicted molar refractivity (Wildman–Crippen MR) is 138 cm³/mol. The number of imidazole rings is 1. The van der Waals surface area contributed by atoms with E-state index in [1.807, 2.05) is 37.8 Å². The standard InChI is InChI=1S/C28H37FN4O3/c1-32-19-30-17-22(32)5-3-4-13-33-14-11-20(21(18-33)15-28(34)35)6-8-26(29)24-10-12-31-27-9-7-23(36-2)16-25(24)27/h7,9-10,12,16-17,19-21,26H,3-6,8,11,13-15,18H2,1-2H3,(H,34,35)/t20-,21+,26-/m1/s1. The van der Waals surface area contributed by atoms with Crippen molar-refractivity contribution < 1.29 is 19.0 Å². The Morgan fingerprint density at radius 2 is 2.14 bits per heavy atom. The van der Waals surface area contributed by atoms with Crippen molar-refractivity contribution in [2.24, 2.45) is 18.9 Å². The Balaban J connectivity index is 1.32. The number of hydrogen-bond acceptors (Lipinski definition) is 5. The number of aliphatic carboxylic acids is 1. The van der Waals surface area contributed by atoms with Gasteiger partial charge in [-0.15, -0.1) is 0 Å². The number of unbranched alkanes of at least 4 members (excludes halogenated alkanes) is 1. The minimum atomic E-state index is -1.13. The molecule has 0 aliphatic carbocycles. The minimum Gasteiger partial charge on any atom is -0.497 e. The highest BCUT2D eigenvalue weighted by molar-refractivity contribution is 5.83. The van der Waals surface area contributed by atoms with Crippen LogP contribution in [0.5, 0.6) is 5.75 Å². The molecular formula is C28H37FN4O3. The van der Waals surface area contributed by atoms with Crippen LogP contribution in [-0.2, 0) is 18.3 Å². The quantitative estimate of drug-likeness (QED) is 0.347. The third kappa shape index (κ3) is 6.60. The summed E-state index contributed by atoms with van der Waals surface area (Å²) < 4.78 is 22.8. The third-order valence-electron chi connectivity index (χ3n) is 7.60. The van der Waals surface area contributed by atoms with E-state index in [1.165, 1.54) is 5.69 Å². The summed E-state index contributed by atoms with van der Waals surface area (Å²) in [5.74, 6) is 0.174. The number of piperidine rings is 1. The molecule has 1 N–H and O–H groups in total. The fourth-order valence-corrected chi connectivity index (χ4v) is 5.52. The molecule has 3 atom stereocenters. The number of halogens is 1. The van der Waals surface area contributed by atoms with E-state index in [2.05, 4.69) is 19.4 Å². The average Bonchev–Trinajstić information content (AvgIpc) is 3.29. The van der Waals surface area contributed by atoms with Gasteiger partial charge in [-0.2, -0.15) is 0 Å². The summed E-state index contributed by atoms with van der Waals surface area (Å²) >= 11 is 0. The van der Waals surface area contributed by atoms with Gasteiger partial charge in [-0.05, 0) is 93.3 Å². The first kappa shape index (κ1) is 26.1. The lowest BCUT2D eigenvalue weighted by Gasteiger charge is -2.38. The maximum absolute atomic E-state index is 15.5. The highest BCUT2D eigenvalue weighted by atomic mass is 19.1. The molecule has 4 rings (SSSR count). The molecule has 2 aromatic heterocycles. The summed E-state index contributed by atoms with van der Waals surface area (Å²) in [5, 5.41) is 10.3. The highest BCUT2D eigenvalue weighted by Crippen LogP contribution is 2.36. The second-order valence-corrected chi connectivity index (χ2v) is 9.99. The lowest BCUT2D eigenvalue weighted by Crippen LogP contribution is -2.41. The van der Waals surface area contributed by atoms with Gasteiger partial charge in [0.25, 0.3) is 0 Å². The van der Waals surface area contributed by atoms with Gasteiger partial charge in [-0.3, -0.25) is 9.78 Å². The van der Waals surface area contributed by atoms with Crippen LogP contribution < -0.4 is 4.74 Å². The lowest BCUT2D eigenvalue weighted by atomic mass is 9.79. The molecule has 7 nitrogen and oxygen atoms in total. The summed E-state index contributed by atoms with van der Waals surface area (Å²) in [5.41, 5.74) is 2.61. The maximum Gasteiger partial charge on any atom is 0.303 e. The number of nitrogens with zero attached hydrogens (tertiary/aromatic N) is 4. The molecule has 0 amide bonds. The Morgan fingerprint density at radius 3 is 2.89 bits per heavy atom. The van der Waals surface area contributed by atoms with Crippen LogP contribution in [0.3, 0.4) is 0 Å². The first-order chi connectivity index (χ1) is 17.4. The second-order valence-electron chi connectivity index (χ2n) is 9.99. The Morgan fingerprint density at radius 1 is 1.28 bits per heavy atom. The van der Waals surface area contributed by atoms with Crippen molar-refractivity contribution in [2.75, 3.05) is 26.7 Å². The van der Waals surface area contributed by atoms with Gasteiger partial charge in [0.15, 0.2) is 0 Å². The van der Waals surface area contributed by atoms with Crippen molar-refractivity contribution in [2.45, 2.75) is 51.1 Å². The summed E-state index contributed by atoms with van der Waals surface area (Å²) in [6, 6.07) is 7.26. The van der Waals surface area contributed by atoms with Crippen LogP contribution in [0.1, 0.15) is 56.0 Å². The van der Waals surface area contributed by atoms with Crippen LogP contribution in [0.2, 0.25) is 0 Å². The Kier molecular flexibility index (Phi) is 8.91. The van der Waals surface area contributed by atoms with Crippen LogP contribution >= 0.6 is 0 Å². The molecule has 3 aromatic rings. The summed E-state index contributed by atoms with van der Waals surface area (Å²) in [4.78, 5) is 22.5. The van der Waals surface area contributed by atoms with E-state index in [1.54, 1.807) is 19.4 Å². The smallest absolute Gasteiger partial charge is 0.303 e. The normalized spacial score (nSPS) is 19.4. The Labute approximate surface area is 212 Å². The molecule has 8 heteroatoms. The van der Waals surface area contributed by atoms with Gasteiger partial charge < -0.3 is 19.3 Å². The fourth-order valence-electron chi connectivity index (χ4n) is 5.52. The van der Waals surface area contributed by atoms with Crippen molar-refractivity contribution >= 4 is 16.9 Å². The maximum atomic E-state index is 15.5. The third-order valence-corrected chi connectivity index (χ3v) is 7.60. The van der Waals surface area contributed by atoms with Crippen molar-refractivity contribution in [1.29, 1.82) is 0 Å². The van der Waals surface area contributed by atoms with E-state index in [0.717, 1.165) is 56.2 Å². The van der Waals surface area contributed by atoms with Gasteiger partial charge >= 0.3 is 5.97 Å². The van der Waals surface area contributed by atoms with E-state index in [4.69, 9.17) is 4.74 Å². The lowest BCUT2D eigenvalue weighted by molar-refractivity contribution is -0.139. The number of likely N-dealkylation sites (tertiary alicyclic amines) is 1. The van der Waals surface area contributed by atoms with Gasteiger partial charge in [-0.25, -0.2) is 9.37 Å². The molecule has 0 saturated carbocycles. The zero-order valence-electron chi connectivity index (χ0n) is 21.3. The predicted octanol–water partition coefficient (Wildman–Crippen LogP) is 5.20. The minimum absolute atomic E-state index is 0.0507. The van der Waals surface area contributed by atoms with Crippen LogP contribution in [0.25, 0.3) is 10.9 Å². The van der Waals surface area contributed by atoms with Crippen LogP contribution in [0.4, 0.5) is 4.39 Å². The molecule has 0 unspecified atom stereocenters. The largest absolute Gasteiger partial charge is 0.497 e. The zero-order chi connectivity index (χ0) is 25.5. The number of benzene rings is 1. The molecule has 1 fully saturated rings. The molecule has 194 valence electrons. The summed E-state index contributed by atoms with van der Waals surface area (Å²) in [7, 11) is 3.61. The molecule has 3 heterocycles. The average molecular weight is 497 g/mol. The number of rotatable bonds is 12. The number of fused-ring (bicyclic) bond motifs is 1. The van der Waals surface area contributed by atoms with E-state index in [0.29, 0.717) is 24.2 Å². The number of aromatic nitrogens is 3. The Bertz CT molecular complexity index is 1150. The summed E-state index contributed by atoms with van der Waals surface area (Å²) in [6.45, 7) is 2.69. The van der Waals surface area contributed by atoms with Crippen LogP contribution in [0.15, 0.2) is 43.0 Å². The molecular weight excluding hydrogens is 459 g/mol. The number of carbonyl (C=O) groups is 1.